The van der Waals surface area contributed by atoms with E-state index in [-0.39, 0.29) is 12.0 Å². The summed E-state index contributed by atoms with van der Waals surface area (Å²) in [6.45, 7) is 1.84. The van der Waals surface area contributed by atoms with Crippen LogP contribution >= 0.6 is 11.6 Å². The summed E-state index contributed by atoms with van der Waals surface area (Å²) < 4.78 is 4.60. The lowest BCUT2D eigenvalue weighted by molar-refractivity contribution is -0.137. The van der Waals surface area contributed by atoms with Crippen LogP contribution in [0.3, 0.4) is 0 Å². The molecule has 4 heteroatoms. The minimum absolute atomic E-state index is 0.242. The Hall–Kier alpha value is -1.35. The maximum Gasteiger partial charge on any atom is 0.345 e. The molecule has 15 heavy (non-hydrogen) atoms. The van der Waals surface area contributed by atoms with E-state index in [1.165, 1.54) is 6.07 Å². The van der Waals surface area contributed by atoms with Gasteiger partial charge in [0.25, 0.3) is 0 Å². The normalized spacial score (nSPS) is 9.73. The van der Waals surface area contributed by atoms with Crippen molar-refractivity contribution in [3.8, 4) is 0 Å². The van der Waals surface area contributed by atoms with Gasteiger partial charge in [-0.3, -0.25) is 4.79 Å². The number of ether oxygens (including phenoxy) is 1. The zero-order valence-electron chi connectivity index (χ0n) is 8.33. The van der Waals surface area contributed by atoms with E-state index in [1.54, 1.807) is 18.2 Å². The first-order chi connectivity index (χ1) is 7.13. The van der Waals surface area contributed by atoms with Crippen molar-refractivity contribution < 1.29 is 14.3 Å². The fourth-order valence-electron chi connectivity index (χ4n) is 1.03. The van der Waals surface area contributed by atoms with Gasteiger partial charge in [-0.05, 0) is 24.6 Å². The molecule has 0 aliphatic rings. The van der Waals surface area contributed by atoms with E-state index in [4.69, 9.17) is 11.6 Å². The molecule has 3 nitrogen and oxygen atoms in total. The van der Waals surface area contributed by atoms with Crippen LogP contribution in [0.15, 0.2) is 24.3 Å². The first-order valence-corrected chi connectivity index (χ1v) is 5.02. The predicted octanol–water partition coefficient (Wildman–Crippen LogP) is 2.82. The molecule has 0 heterocycles. The highest BCUT2D eigenvalue weighted by molar-refractivity contribution is 6.30. The lowest BCUT2D eigenvalue weighted by Crippen LogP contribution is -2.11. The summed E-state index contributed by atoms with van der Waals surface area (Å²) in [5, 5.41) is 0.437. The number of benzene rings is 1. The second-order valence-electron chi connectivity index (χ2n) is 3.02. The molecular formula is C11H11ClO3. The Morgan fingerprint density at radius 2 is 2.13 bits per heavy atom. The van der Waals surface area contributed by atoms with Crippen LogP contribution in [0.25, 0.3) is 0 Å². The Bertz CT molecular complexity index is 374. The van der Waals surface area contributed by atoms with Crippen molar-refractivity contribution in [1.29, 1.82) is 0 Å². The molecule has 0 fully saturated rings. The van der Waals surface area contributed by atoms with Crippen LogP contribution in [0.5, 0.6) is 0 Å². The maximum atomic E-state index is 11.4. The third-order valence-electron chi connectivity index (χ3n) is 1.72. The standard InChI is InChI=1S/C11H11ClO3/c1-2-4-10(13)15-11(14)8-5-3-6-9(12)7-8/h3,5-7H,2,4H2,1H3. The van der Waals surface area contributed by atoms with Gasteiger partial charge in [0, 0.05) is 11.4 Å². The first kappa shape index (κ1) is 11.7. The van der Waals surface area contributed by atoms with Crippen LogP contribution in [0.2, 0.25) is 5.02 Å². The molecule has 1 aromatic rings. The molecule has 0 aliphatic carbocycles. The lowest BCUT2D eigenvalue weighted by atomic mass is 10.2. The van der Waals surface area contributed by atoms with Crippen LogP contribution in [0.4, 0.5) is 0 Å². The number of hydrogen-bond acceptors (Lipinski definition) is 3. The SMILES string of the molecule is CCCC(=O)OC(=O)c1cccc(Cl)c1. The Labute approximate surface area is 93.0 Å². The Balaban J connectivity index is 2.65. The third-order valence-corrected chi connectivity index (χ3v) is 1.96. The topological polar surface area (TPSA) is 43.4 Å². The van der Waals surface area contributed by atoms with E-state index in [0.29, 0.717) is 11.4 Å². The molecule has 0 atom stereocenters. The zero-order valence-corrected chi connectivity index (χ0v) is 9.08. The molecule has 80 valence electrons. The van der Waals surface area contributed by atoms with Crippen molar-refractivity contribution in [2.75, 3.05) is 0 Å². The molecular weight excluding hydrogens is 216 g/mol. The average molecular weight is 227 g/mol. The largest absolute Gasteiger partial charge is 0.389 e. The van der Waals surface area contributed by atoms with Gasteiger partial charge in [-0.15, -0.1) is 0 Å². The average Bonchev–Trinajstić information content (AvgIpc) is 2.18. The summed E-state index contributed by atoms with van der Waals surface area (Å²) >= 11 is 5.69. The fourth-order valence-corrected chi connectivity index (χ4v) is 1.22. The van der Waals surface area contributed by atoms with E-state index >= 15 is 0 Å². The quantitative estimate of drug-likeness (QED) is 0.588. The smallest absolute Gasteiger partial charge is 0.345 e. The number of hydrogen-bond donors (Lipinski definition) is 0. The summed E-state index contributed by atoms with van der Waals surface area (Å²) in [7, 11) is 0. The van der Waals surface area contributed by atoms with Crippen molar-refractivity contribution in [2.45, 2.75) is 19.8 Å². The highest BCUT2D eigenvalue weighted by atomic mass is 35.5. The molecule has 0 radical (unpaired) electrons. The molecule has 0 spiro atoms. The van der Waals surface area contributed by atoms with E-state index in [0.717, 1.165) is 0 Å². The summed E-state index contributed by atoms with van der Waals surface area (Å²) in [5.74, 6) is -1.17. The molecule has 0 amide bonds. The van der Waals surface area contributed by atoms with Gasteiger partial charge in [0.05, 0.1) is 5.56 Å². The van der Waals surface area contributed by atoms with E-state index in [1.807, 2.05) is 6.92 Å². The Morgan fingerprint density at radius 3 is 2.73 bits per heavy atom. The Morgan fingerprint density at radius 1 is 1.40 bits per heavy atom. The van der Waals surface area contributed by atoms with Gasteiger partial charge in [0.2, 0.25) is 0 Å². The molecule has 0 bridgehead atoms. The van der Waals surface area contributed by atoms with Gasteiger partial charge in [-0.1, -0.05) is 24.6 Å². The van der Waals surface area contributed by atoms with Crippen molar-refractivity contribution >= 4 is 23.5 Å². The first-order valence-electron chi connectivity index (χ1n) is 4.64. The number of esters is 2. The fraction of sp³-hybridized carbons (Fsp3) is 0.273. The number of carbonyl (C=O) groups is 2. The number of halogens is 1. The number of carbonyl (C=O) groups excluding carboxylic acids is 2. The van der Waals surface area contributed by atoms with Crippen molar-refractivity contribution in [1.82, 2.24) is 0 Å². The second kappa shape index (κ2) is 5.51. The summed E-state index contributed by atoms with van der Waals surface area (Å²) in [6, 6.07) is 6.28. The molecule has 0 saturated carbocycles. The summed E-state index contributed by atoms with van der Waals surface area (Å²) in [4.78, 5) is 22.4. The molecule has 0 aromatic heterocycles. The number of rotatable bonds is 3. The van der Waals surface area contributed by atoms with E-state index < -0.39 is 11.9 Å². The molecule has 0 saturated heterocycles. The minimum atomic E-state index is -0.657. The molecule has 0 aliphatic heterocycles. The molecule has 1 aromatic carbocycles. The monoisotopic (exact) mass is 226 g/mol. The zero-order chi connectivity index (χ0) is 11.3. The molecule has 1 rings (SSSR count). The van der Waals surface area contributed by atoms with Gasteiger partial charge in [0.15, 0.2) is 0 Å². The summed E-state index contributed by atoms with van der Waals surface area (Å²) in [5.41, 5.74) is 0.284. The van der Waals surface area contributed by atoms with Gasteiger partial charge < -0.3 is 4.74 Å². The van der Waals surface area contributed by atoms with Crippen molar-refractivity contribution in [2.24, 2.45) is 0 Å². The minimum Gasteiger partial charge on any atom is -0.389 e. The molecule has 0 N–H and O–H groups in total. The van der Waals surface area contributed by atoms with Gasteiger partial charge >= 0.3 is 11.9 Å². The highest BCUT2D eigenvalue weighted by Crippen LogP contribution is 2.11. The van der Waals surface area contributed by atoms with E-state index in [9.17, 15) is 9.59 Å². The highest BCUT2D eigenvalue weighted by Gasteiger charge is 2.11. The van der Waals surface area contributed by atoms with Crippen molar-refractivity contribution in [3.63, 3.8) is 0 Å². The van der Waals surface area contributed by atoms with Crippen LogP contribution in [-0.4, -0.2) is 11.9 Å². The summed E-state index contributed by atoms with van der Waals surface area (Å²) in [6.07, 6.45) is 0.897. The van der Waals surface area contributed by atoms with Crippen LogP contribution in [0.1, 0.15) is 30.1 Å². The van der Waals surface area contributed by atoms with Gasteiger partial charge in [0.1, 0.15) is 0 Å². The lowest BCUT2D eigenvalue weighted by Gasteiger charge is -2.01. The molecule has 0 unspecified atom stereocenters. The van der Waals surface area contributed by atoms with Crippen LogP contribution in [0, 0.1) is 0 Å². The Kier molecular flexibility index (Phi) is 4.31. The van der Waals surface area contributed by atoms with Crippen molar-refractivity contribution in [3.05, 3.63) is 34.9 Å². The maximum absolute atomic E-state index is 11.4. The second-order valence-corrected chi connectivity index (χ2v) is 3.46. The third kappa shape index (κ3) is 3.72. The van der Waals surface area contributed by atoms with Crippen LogP contribution < -0.4 is 0 Å². The predicted molar refractivity (Wildman–Crippen MR) is 56.8 cm³/mol. The van der Waals surface area contributed by atoms with Crippen LogP contribution in [-0.2, 0) is 9.53 Å². The van der Waals surface area contributed by atoms with Gasteiger partial charge in [-0.2, -0.15) is 0 Å². The van der Waals surface area contributed by atoms with E-state index in [2.05, 4.69) is 4.74 Å². The van der Waals surface area contributed by atoms with Gasteiger partial charge in [-0.25, -0.2) is 4.79 Å².